The molecule has 0 radical (unpaired) electrons. The van der Waals surface area contributed by atoms with Crippen molar-refractivity contribution < 1.29 is 14.7 Å². The summed E-state index contributed by atoms with van der Waals surface area (Å²) in [5.74, 6) is -1.00. The molecule has 1 aromatic carbocycles. The van der Waals surface area contributed by atoms with Gasteiger partial charge in [0.2, 0.25) is 0 Å². The van der Waals surface area contributed by atoms with Gasteiger partial charge in [-0.1, -0.05) is 13.0 Å². The van der Waals surface area contributed by atoms with Crippen LogP contribution in [-0.4, -0.2) is 23.1 Å². The molecule has 0 aliphatic carbocycles. The highest BCUT2D eigenvalue weighted by atomic mass is 16.4. The molecule has 0 aromatic heterocycles. The molecule has 1 unspecified atom stereocenters. The zero-order chi connectivity index (χ0) is 13.7. The number of benzene rings is 1. The Labute approximate surface area is 106 Å². The largest absolute Gasteiger partial charge is 0.478 e. The first-order chi connectivity index (χ1) is 8.43. The van der Waals surface area contributed by atoms with E-state index >= 15 is 0 Å². The quantitative estimate of drug-likeness (QED) is 0.768. The summed E-state index contributed by atoms with van der Waals surface area (Å²) in [6.45, 7) is 5.59. The minimum atomic E-state index is -1.00. The molecule has 5 heteroatoms. The maximum Gasteiger partial charge on any atom is 0.336 e. The zero-order valence-corrected chi connectivity index (χ0v) is 10.8. The van der Waals surface area contributed by atoms with Gasteiger partial charge in [0.25, 0.3) is 0 Å². The van der Waals surface area contributed by atoms with Crippen LogP contribution in [0, 0.1) is 6.92 Å². The van der Waals surface area contributed by atoms with Gasteiger partial charge in [0.05, 0.1) is 5.56 Å². The third kappa shape index (κ3) is 3.76. The molecule has 1 aromatic rings. The molecule has 0 fully saturated rings. The van der Waals surface area contributed by atoms with Crippen LogP contribution in [0.2, 0.25) is 0 Å². The molecule has 3 N–H and O–H groups in total. The number of aromatic carboxylic acids is 1. The molecule has 1 rings (SSSR count). The first-order valence-electron chi connectivity index (χ1n) is 5.85. The fraction of sp³-hybridized carbons (Fsp3) is 0.385. The van der Waals surface area contributed by atoms with E-state index in [0.717, 1.165) is 6.42 Å². The van der Waals surface area contributed by atoms with Gasteiger partial charge in [0.15, 0.2) is 0 Å². The molecule has 0 aliphatic heterocycles. The highest BCUT2D eigenvalue weighted by Crippen LogP contribution is 2.15. The van der Waals surface area contributed by atoms with Crippen LogP contribution in [0.4, 0.5) is 10.5 Å². The number of carboxylic acids is 1. The van der Waals surface area contributed by atoms with Crippen molar-refractivity contribution in [3.05, 3.63) is 29.3 Å². The maximum atomic E-state index is 11.6. The molecule has 0 saturated heterocycles. The molecule has 0 bridgehead atoms. The average Bonchev–Trinajstić information content (AvgIpc) is 2.31. The van der Waals surface area contributed by atoms with Crippen molar-refractivity contribution in [3.8, 4) is 0 Å². The van der Waals surface area contributed by atoms with Crippen LogP contribution in [0.25, 0.3) is 0 Å². The lowest BCUT2D eigenvalue weighted by Crippen LogP contribution is -2.35. The van der Waals surface area contributed by atoms with Gasteiger partial charge in [-0.2, -0.15) is 0 Å². The summed E-state index contributed by atoms with van der Waals surface area (Å²) in [4.78, 5) is 22.5. The van der Waals surface area contributed by atoms with Crippen LogP contribution in [0.5, 0.6) is 0 Å². The number of urea groups is 1. The van der Waals surface area contributed by atoms with Crippen molar-refractivity contribution in [1.82, 2.24) is 5.32 Å². The standard InChI is InChI=1S/C13H18N2O3/c1-4-9(3)14-13(18)15-10-6-5-8(2)11(7-10)12(16)17/h5-7,9H,4H2,1-3H3,(H,16,17)(H2,14,15,18). The summed E-state index contributed by atoms with van der Waals surface area (Å²) < 4.78 is 0. The molecule has 18 heavy (non-hydrogen) atoms. The first-order valence-corrected chi connectivity index (χ1v) is 5.85. The first kappa shape index (κ1) is 14.0. The molecular weight excluding hydrogens is 232 g/mol. The minimum Gasteiger partial charge on any atom is -0.478 e. The van der Waals surface area contributed by atoms with Crippen molar-refractivity contribution >= 4 is 17.7 Å². The Hall–Kier alpha value is -2.04. The average molecular weight is 250 g/mol. The normalized spacial score (nSPS) is 11.7. The second kappa shape index (κ2) is 6.05. The molecular formula is C13H18N2O3. The second-order valence-electron chi connectivity index (χ2n) is 4.24. The number of amides is 2. The summed E-state index contributed by atoms with van der Waals surface area (Å²) in [7, 11) is 0. The summed E-state index contributed by atoms with van der Waals surface area (Å²) in [5.41, 5.74) is 1.32. The molecule has 0 spiro atoms. The number of anilines is 1. The van der Waals surface area contributed by atoms with Crippen molar-refractivity contribution in [3.63, 3.8) is 0 Å². The lowest BCUT2D eigenvalue weighted by molar-refractivity contribution is 0.0696. The van der Waals surface area contributed by atoms with E-state index in [2.05, 4.69) is 10.6 Å². The molecule has 0 heterocycles. The smallest absolute Gasteiger partial charge is 0.336 e. The zero-order valence-electron chi connectivity index (χ0n) is 10.8. The lowest BCUT2D eigenvalue weighted by atomic mass is 10.1. The highest BCUT2D eigenvalue weighted by Gasteiger charge is 2.10. The van der Waals surface area contributed by atoms with E-state index in [1.165, 1.54) is 6.07 Å². The van der Waals surface area contributed by atoms with E-state index < -0.39 is 5.97 Å². The number of carbonyl (C=O) groups is 2. The Kier molecular flexibility index (Phi) is 4.71. The van der Waals surface area contributed by atoms with Gasteiger partial charge >= 0.3 is 12.0 Å². The number of carbonyl (C=O) groups excluding carboxylic acids is 1. The van der Waals surface area contributed by atoms with Crippen molar-refractivity contribution in [2.45, 2.75) is 33.2 Å². The predicted molar refractivity (Wildman–Crippen MR) is 70.0 cm³/mol. The van der Waals surface area contributed by atoms with Gasteiger partial charge in [-0.05, 0) is 38.0 Å². The summed E-state index contributed by atoms with van der Waals surface area (Å²) >= 11 is 0. The lowest BCUT2D eigenvalue weighted by Gasteiger charge is -2.13. The van der Waals surface area contributed by atoms with Gasteiger partial charge in [-0.15, -0.1) is 0 Å². The van der Waals surface area contributed by atoms with Crippen molar-refractivity contribution in [2.24, 2.45) is 0 Å². The molecule has 0 aliphatic rings. The van der Waals surface area contributed by atoms with Gasteiger partial charge < -0.3 is 15.7 Å². The molecule has 0 saturated carbocycles. The van der Waals surface area contributed by atoms with Crippen LogP contribution in [-0.2, 0) is 0 Å². The number of nitrogens with one attached hydrogen (secondary N) is 2. The van der Waals surface area contributed by atoms with E-state index in [9.17, 15) is 9.59 Å². The third-order valence-electron chi connectivity index (χ3n) is 2.72. The number of carboxylic acid groups (broad SMARTS) is 1. The SMILES string of the molecule is CCC(C)NC(=O)Nc1ccc(C)c(C(=O)O)c1. The molecule has 98 valence electrons. The predicted octanol–water partition coefficient (Wildman–Crippen LogP) is 2.61. The number of hydrogen-bond donors (Lipinski definition) is 3. The molecule has 2 amide bonds. The van der Waals surface area contributed by atoms with E-state index in [4.69, 9.17) is 5.11 Å². The van der Waals surface area contributed by atoms with E-state index in [1.807, 2.05) is 13.8 Å². The topological polar surface area (TPSA) is 78.4 Å². The van der Waals surface area contributed by atoms with Gasteiger partial charge in [0, 0.05) is 11.7 Å². The third-order valence-corrected chi connectivity index (χ3v) is 2.72. The Bertz CT molecular complexity index is 458. The Morgan fingerprint density at radius 1 is 1.39 bits per heavy atom. The van der Waals surface area contributed by atoms with Gasteiger partial charge in [0.1, 0.15) is 0 Å². The Morgan fingerprint density at radius 2 is 2.06 bits per heavy atom. The van der Waals surface area contributed by atoms with Crippen LogP contribution >= 0.6 is 0 Å². The van der Waals surface area contributed by atoms with Gasteiger partial charge in [-0.3, -0.25) is 0 Å². The van der Waals surface area contributed by atoms with Crippen LogP contribution in [0.3, 0.4) is 0 Å². The fourth-order valence-electron chi connectivity index (χ4n) is 1.42. The number of hydrogen-bond acceptors (Lipinski definition) is 2. The van der Waals surface area contributed by atoms with Crippen molar-refractivity contribution in [1.29, 1.82) is 0 Å². The van der Waals surface area contributed by atoms with Crippen LogP contribution in [0.15, 0.2) is 18.2 Å². The fourth-order valence-corrected chi connectivity index (χ4v) is 1.42. The minimum absolute atomic E-state index is 0.0781. The summed E-state index contributed by atoms with van der Waals surface area (Å²) in [5, 5.41) is 14.3. The Morgan fingerprint density at radius 3 is 2.61 bits per heavy atom. The maximum absolute atomic E-state index is 11.6. The molecule has 5 nitrogen and oxygen atoms in total. The van der Waals surface area contributed by atoms with Gasteiger partial charge in [-0.25, -0.2) is 9.59 Å². The Balaban J connectivity index is 2.76. The number of rotatable bonds is 4. The van der Waals surface area contributed by atoms with Crippen molar-refractivity contribution in [2.75, 3.05) is 5.32 Å². The van der Waals surface area contributed by atoms with E-state index in [-0.39, 0.29) is 17.6 Å². The highest BCUT2D eigenvalue weighted by molar-refractivity contribution is 5.94. The second-order valence-corrected chi connectivity index (χ2v) is 4.24. The monoisotopic (exact) mass is 250 g/mol. The summed E-state index contributed by atoms with van der Waals surface area (Å²) in [6.07, 6.45) is 0.835. The van der Waals surface area contributed by atoms with E-state index in [0.29, 0.717) is 11.3 Å². The van der Waals surface area contributed by atoms with Crippen LogP contribution < -0.4 is 10.6 Å². The number of aryl methyl sites for hydroxylation is 1. The van der Waals surface area contributed by atoms with E-state index in [1.54, 1.807) is 19.1 Å². The summed E-state index contributed by atoms with van der Waals surface area (Å²) in [6, 6.07) is 4.55. The molecule has 1 atom stereocenters. The van der Waals surface area contributed by atoms with Crippen LogP contribution in [0.1, 0.15) is 36.2 Å².